The van der Waals surface area contributed by atoms with Crippen molar-refractivity contribution in [1.82, 2.24) is 4.98 Å². The lowest BCUT2D eigenvalue weighted by atomic mass is 10.1. The van der Waals surface area contributed by atoms with E-state index in [-0.39, 0.29) is 17.5 Å². The van der Waals surface area contributed by atoms with Crippen LogP contribution in [0, 0.1) is 0 Å². The van der Waals surface area contributed by atoms with E-state index in [0.29, 0.717) is 5.56 Å². The highest BCUT2D eigenvalue weighted by atomic mass is 35.5. The van der Waals surface area contributed by atoms with Crippen molar-refractivity contribution in [2.24, 2.45) is 0 Å². The van der Waals surface area contributed by atoms with Gasteiger partial charge in [0.15, 0.2) is 5.78 Å². The normalized spacial score (nSPS) is 12.5. The number of fused-ring (bicyclic) bond motifs is 1. The van der Waals surface area contributed by atoms with Crippen LogP contribution in [0.1, 0.15) is 22.0 Å². The average Bonchev–Trinajstić information content (AvgIpc) is 3.03. The molecule has 0 aliphatic heterocycles. The second kappa shape index (κ2) is 6.97. The summed E-state index contributed by atoms with van der Waals surface area (Å²) < 4.78 is 0.945. The van der Waals surface area contributed by atoms with E-state index in [9.17, 15) is 9.90 Å². The molecule has 23 heavy (non-hydrogen) atoms. The van der Waals surface area contributed by atoms with Crippen LogP contribution in [0.3, 0.4) is 0 Å². The number of aliphatic hydroxyl groups is 1. The molecule has 0 bridgehead atoms. The van der Waals surface area contributed by atoms with E-state index in [2.05, 4.69) is 4.98 Å². The van der Waals surface area contributed by atoms with E-state index < -0.39 is 6.10 Å². The van der Waals surface area contributed by atoms with Crippen molar-refractivity contribution in [2.45, 2.75) is 6.10 Å². The largest absolute Gasteiger partial charge is 0.387 e. The Morgan fingerprint density at radius 2 is 1.91 bits per heavy atom. The smallest absolute Gasteiger partial charge is 0.177 e. The number of aliphatic hydroxyl groups excluding tert-OH is 1. The van der Waals surface area contributed by atoms with Crippen molar-refractivity contribution in [3.63, 3.8) is 0 Å². The molecule has 1 aromatic heterocycles. The van der Waals surface area contributed by atoms with E-state index in [0.717, 1.165) is 26.4 Å². The summed E-state index contributed by atoms with van der Waals surface area (Å²) >= 11 is 12.8. The van der Waals surface area contributed by atoms with Gasteiger partial charge in [-0.1, -0.05) is 24.3 Å². The number of ketones is 1. The number of aromatic nitrogens is 1. The fourth-order valence-corrected chi connectivity index (χ4v) is 3.58. The Balaban J connectivity index is 1.95. The molecule has 118 valence electrons. The zero-order chi connectivity index (χ0) is 16.4. The third-order valence-electron chi connectivity index (χ3n) is 3.52. The summed E-state index contributed by atoms with van der Waals surface area (Å²) in [5.41, 5.74) is 3.19. The Morgan fingerprint density at radius 3 is 2.57 bits per heavy atom. The van der Waals surface area contributed by atoms with E-state index in [1.54, 1.807) is 6.07 Å². The zero-order valence-electron chi connectivity index (χ0n) is 12.0. The van der Waals surface area contributed by atoms with Gasteiger partial charge in [0.25, 0.3) is 0 Å². The molecular formula is C17H13Cl2NO2S. The molecule has 0 amide bonds. The minimum atomic E-state index is -0.662. The fraction of sp³-hybridized carbons (Fsp3) is 0.176. The van der Waals surface area contributed by atoms with E-state index in [1.165, 1.54) is 11.3 Å². The third-order valence-corrected chi connectivity index (χ3v) is 5.12. The maximum atomic E-state index is 11.7. The van der Waals surface area contributed by atoms with Crippen LogP contribution in [0.15, 0.2) is 42.5 Å². The molecule has 0 fully saturated rings. The monoisotopic (exact) mass is 365 g/mol. The van der Waals surface area contributed by atoms with Gasteiger partial charge in [0.2, 0.25) is 0 Å². The molecule has 0 saturated heterocycles. The maximum absolute atomic E-state index is 11.7. The number of alkyl halides is 2. The highest BCUT2D eigenvalue weighted by molar-refractivity contribution is 7.21. The standard InChI is InChI=1S/C17H13Cl2NO2S/c18-8-14(21)10-1-3-11(4-2-10)17-20-13-6-5-12(15(22)9-19)7-16(13)23-17/h1-7,14,21H,8-9H2. The second-order valence-corrected chi connectivity index (χ2v) is 6.66. The second-order valence-electron chi connectivity index (χ2n) is 5.05. The van der Waals surface area contributed by atoms with Gasteiger partial charge in [-0.3, -0.25) is 4.79 Å². The van der Waals surface area contributed by atoms with Gasteiger partial charge in [-0.05, 0) is 23.8 Å². The van der Waals surface area contributed by atoms with E-state index in [4.69, 9.17) is 23.2 Å². The number of benzene rings is 2. The topological polar surface area (TPSA) is 50.2 Å². The molecule has 3 aromatic rings. The summed E-state index contributed by atoms with van der Waals surface area (Å²) in [5, 5.41) is 10.6. The van der Waals surface area contributed by atoms with Crippen molar-refractivity contribution in [3.8, 4) is 10.6 Å². The van der Waals surface area contributed by atoms with Crippen molar-refractivity contribution >= 4 is 50.5 Å². The number of Topliss-reactive ketones (excluding diaryl/α,β-unsaturated/α-hetero) is 1. The first kappa shape index (κ1) is 16.4. The van der Waals surface area contributed by atoms with Gasteiger partial charge < -0.3 is 5.11 Å². The summed E-state index contributed by atoms with van der Waals surface area (Å²) in [5.74, 6) is 0.0438. The molecule has 6 heteroatoms. The van der Waals surface area contributed by atoms with Crippen molar-refractivity contribution in [2.75, 3.05) is 11.8 Å². The first-order valence-corrected chi connectivity index (χ1v) is 8.85. The number of nitrogens with zero attached hydrogens (tertiary/aromatic N) is 1. The number of halogens is 2. The number of hydrogen-bond donors (Lipinski definition) is 1. The first-order valence-electron chi connectivity index (χ1n) is 6.96. The fourth-order valence-electron chi connectivity index (χ4n) is 2.24. The van der Waals surface area contributed by atoms with Crippen LogP contribution in [0.25, 0.3) is 20.8 Å². The van der Waals surface area contributed by atoms with Gasteiger partial charge in [0, 0.05) is 11.1 Å². The van der Waals surface area contributed by atoms with Crippen molar-refractivity contribution < 1.29 is 9.90 Å². The van der Waals surface area contributed by atoms with Gasteiger partial charge in [0.1, 0.15) is 5.01 Å². The number of hydrogen-bond acceptors (Lipinski definition) is 4. The van der Waals surface area contributed by atoms with Crippen LogP contribution < -0.4 is 0 Å². The lowest BCUT2D eigenvalue weighted by Gasteiger charge is -2.06. The predicted octanol–water partition coefficient (Wildman–Crippen LogP) is 4.66. The molecule has 1 atom stereocenters. The van der Waals surface area contributed by atoms with E-state index >= 15 is 0 Å². The Morgan fingerprint density at radius 1 is 1.17 bits per heavy atom. The predicted molar refractivity (Wildman–Crippen MR) is 95.8 cm³/mol. The average molecular weight is 366 g/mol. The molecule has 1 unspecified atom stereocenters. The summed E-state index contributed by atoms with van der Waals surface area (Å²) in [6.45, 7) is 0. The third kappa shape index (κ3) is 3.40. The molecule has 3 rings (SSSR count). The van der Waals surface area contributed by atoms with Crippen LogP contribution in [0.5, 0.6) is 0 Å². The number of carbonyl (C=O) groups excluding carboxylic acids is 1. The summed E-state index contributed by atoms with van der Waals surface area (Å²) in [6.07, 6.45) is -0.662. The molecule has 0 aliphatic rings. The summed E-state index contributed by atoms with van der Waals surface area (Å²) in [4.78, 5) is 16.3. The molecule has 2 aromatic carbocycles. The van der Waals surface area contributed by atoms with E-state index in [1.807, 2.05) is 36.4 Å². The first-order chi connectivity index (χ1) is 11.1. The summed E-state index contributed by atoms with van der Waals surface area (Å²) in [7, 11) is 0. The van der Waals surface area contributed by atoms with Crippen LogP contribution in [0.2, 0.25) is 0 Å². The quantitative estimate of drug-likeness (QED) is 0.528. The summed E-state index contributed by atoms with van der Waals surface area (Å²) in [6, 6.07) is 12.9. The van der Waals surface area contributed by atoms with Gasteiger partial charge in [-0.15, -0.1) is 34.5 Å². The minimum absolute atomic E-state index is 0.0263. The Kier molecular flexibility index (Phi) is 4.97. The Labute approximate surface area is 147 Å². The SMILES string of the molecule is O=C(CCl)c1ccc2nc(-c3ccc(C(O)CCl)cc3)sc2c1. The number of thiazole rings is 1. The molecule has 1 heterocycles. The molecule has 3 nitrogen and oxygen atoms in total. The molecular weight excluding hydrogens is 353 g/mol. The molecule has 0 aliphatic carbocycles. The van der Waals surface area contributed by atoms with Gasteiger partial charge in [-0.2, -0.15) is 0 Å². The lowest BCUT2D eigenvalue weighted by Crippen LogP contribution is -1.98. The van der Waals surface area contributed by atoms with Crippen LogP contribution in [-0.2, 0) is 0 Å². The number of carbonyl (C=O) groups is 1. The maximum Gasteiger partial charge on any atom is 0.177 e. The molecule has 0 radical (unpaired) electrons. The van der Waals surface area contributed by atoms with Crippen molar-refractivity contribution in [1.29, 1.82) is 0 Å². The molecule has 0 saturated carbocycles. The zero-order valence-corrected chi connectivity index (χ0v) is 14.3. The van der Waals surface area contributed by atoms with Crippen LogP contribution in [-0.4, -0.2) is 27.6 Å². The Hall–Kier alpha value is -1.46. The van der Waals surface area contributed by atoms with Crippen molar-refractivity contribution in [3.05, 3.63) is 53.6 Å². The molecule has 0 spiro atoms. The van der Waals surface area contributed by atoms with Crippen LogP contribution in [0.4, 0.5) is 0 Å². The highest BCUT2D eigenvalue weighted by Crippen LogP contribution is 2.31. The molecule has 1 N–H and O–H groups in total. The van der Waals surface area contributed by atoms with Crippen LogP contribution >= 0.6 is 34.5 Å². The Bertz CT molecular complexity index is 845. The lowest BCUT2D eigenvalue weighted by molar-refractivity contribution is 0.102. The minimum Gasteiger partial charge on any atom is -0.387 e. The van der Waals surface area contributed by atoms with Gasteiger partial charge >= 0.3 is 0 Å². The van der Waals surface area contributed by atoms with Gasteiger partial charge in [0.05, 0.1) is 28.1 Å². The van der Waals surface area contributed by atoms with Gasteiger partial charge in [-0.25, -0.2) is 4.98 Å². The number of rotatable bonds is 5. The highest BCUT2D eigenvalue weighted by Gasteiger charge is 2.11.